The second-order valence-corrected chi connectivity index (χ2v) is 3.61. The van der Waals surface area contributed by atoms with Gasteiger partial charge in [0.25, 0.3) is 0 Å². The van der Waals surface area contributed by atoms with Crippen molar-refractivity contribution < 1.29 is 18.0 Å². The zero-order valence-electron chi connectivity index (χ0n) is 9.41. The van der Waals surface area contributed by atoms with Gasteiger partial charge in [0.2, 0.25) is 5.91 Å². The molecule has 1 aromatic carbocycles. The number of carbonyl (C=O) groups excluding carboxylic acids is 1. The molecule has 7 heteroatoms. The molecule has 3 nitrogen and oxygen atoms in total. The van der Waals surface area contributed by atoms with Gasteiger partial charge in [-0.2, -0.15) is 13.2 Å². The molecule has 1 amide bonds. The Labute approximate surface area is 109 Å². The number of nitrogens with two attached hydrogens (primary N) is 1. The summed E-state index contributed by atoms with van der Waals surface area (Å²) in [6, 6.07) is 8.15. The molecule has 0 aliphatic carbocycles. The molecule has 0 aromatic heterocycles. The van der Waals surface area contributed by atoms with Crippen LogP contribution in [0.5, 0.6) is 0 Å². The number of rotatable bonds is 4. The predicted octanol–water partition coefficient (Wildman–Crippen LogP) is 2.18. The maximum atomic E-state index is 11.8. The number of benzene rings is 1. The summed E-state index contributed by atoms with van der Waals surface area (Å²) in [6.07, 6.45) is -4.56. The molecule has 1 unspecified atom stereocenters. The number of hydrogen-bond acceptors (Lipinski definition) is 2. The van der Waals surface area contributed by atoms with Crippen molar-refractivity contribution in [3.05, 3.63) is 35.9 Å². The van der Waals surface area contributed by atoms with Crippen molar-refractivity contribution in [2.24, 2.45) is 5.73 Å². The lowest BCUT2D eigenvalue weighted by molar-refractivity contribution is -0.138. The summed E-state index contributed by atoms with van der Waals surface area (Å²) in [6.45, 7) is -1.33. The molecular weight excluding hydrogens is 269 g/mol. The van der Waals surface area contributed by atoms with Gasteiger partial charge in [0.15, 0.2) is 0 Å². The molecule has 0 bridgehead atoms. The first-order chi connectivity index (χ1) is 7.88. The Morgan fingerprint density at radius 2 is 1.83 bits per heavy atom. The second-order valence-electron chi connectivity index (χ2n) is 3.61. The van der Waals surface area contributed by atoms with Crippen LogP contribution in [0.25, 0.3) is 0 Å². The van der Waals surface area contributed by atoms with Crippen molar-refractivity contribution in [2.45, 2.75) is 18.6 Å². The Bertz CT molecular complexity index is 370. The molecule has 0 saturated carbocycles. The molecule has 0 spiro atoms. The molecular formula is C11H14ClF3N2O. The smallest absolute Gasteiger partial charge is 0.347 e. The molecule has 1 rings (SSSR count). The summed E-state index contributed by atoms with van der Waals surface area (Å²) in [5, 5.41) is 1.78. The lowest BCUT2D eigenvalue weighted by Crippen LogP contribution is -2.35. The fourth-order valence-electron chi connectivity index (χ4n) is 1.29. The van der Waals surface area contributed by atoms with Crippen molar-refractivity contribution in [1.29, 1.82) is 0 Å². The van der Waals surface area contributed by atoms with Crippen LogP contribution in [0.1, 0.15) is 18.0 Å². The minimum atomic E-state index is -4.40. The number of alkyl halides is 3. The molecule has 0 heterocycles. The average Bonchev–Trinajstić information content (AvgIpc) is 2.27. The van der Waals surface area contributed by atoms with Gasteiger partial charge in [-0.25, -0.2) is 0 Å². The molecule has 1 atom stereocenters. The van der Waals surface area contributed by atoms with Crippen LogP contribution in [-0.4, -0.2) is 18.6 Å². The first-order valence-electron chi connectivity index (χ1n) is 5.02. The van der Waals surface area contributed by atoms with Crippen LogP contribution >= 0.6 is 12.4 Å². The lowest BCUT2D eigenvalue weighted by atomic mass is 10.0. The third-order valence-corrected chi connectivity index (χ3v) is 2.12. The van der Waals surface area contributed by atoms with E-state index in [-0.39, 0.29) is 18.8 Å². The van der Waals surface area contributed by atoms with E-state index in [2.05, 4.69) is 0 Å². The number of nitrogens with one attached hydrogen (secondary N) is 1. The zero-order chi connectivity index (χ0) is 12.9. The van der Waals surface area contributed by atoms with Crippen LogP contribution < -0.4 is 11.1 Å². The van der Waals surface area contributed by atoms with Gasteiger partial charge >= 0.3 is 6.18 Å². The molecule has 102 valence electrons. The molecule has 1 aromatic rings. The highest BCUT2D eigenvalue weighted by Crippen LogP contribution is 2.15. The first kappa shape index (κ1) is 16.7. The third kappa shape index (κ3) is 6.46. The van der Waals surface area contributed by atoms with E-state index in [1.54, 1.807) is 35.6 Å². The monoisotopic (exact) mass is 282 g/mol. The molecule has 0 radical (unpaired) electrons. The molecule has 0 aliphatic heterocycles. The number of carbonyl (C=O) groups is 1. The van der Waals surface area contributed by atoms with Gasteiger partial charge < -0.3 is 11.1 Å². The largest absolute Gasteiger partial charge is 0.405 e. The predicted molar refractivity (Wildman–Crippen MR) is 64.3 cm³/mol. The summed E-state index contributed by atoms with van der Waals surface area (Å²) in [4.78, 5) is 11.2. The molecule has 0 aliphatic rings. The van der Waals surface area contributed by atoms with E-state index in [0.717, 1.165) is 5.56 Å². The fraction of sp³-hybridized carbons (Fsp3) is 0.364. The van der Waals surface area contributed by atoms with Crippen molar-refractivity contribution in [3.8, 4) is 0 Å². The Kier molecular flexibility index (Phi) is 6.72. The Morgan fingerprint density at radius 1 is 1.28 bits per heavy atom. The van der Waals surface area contributed by atoms with Gasteiger partial charge in [0.05, 0.1) is 0 Å². The third-order valence-electron chi connectivity index (χ3n) is 2.12. The van der Waals surface area contributed by atoms with Crippen molar-refractivity contribution in [3.63, 3.8) is 0 Å². The standard InChI is InChI=1S/C11H13F3N2O.ClH/c12-11(13,14)7-16-10(17)6-9(15)8-4-2-1-3-5-8;/h1-5,9H,6-7,15H2,(H,16,17);1H. The summed E-state index contributed by atoms with van der Waals surface area (Å²) in [7, 11) is 0. The van der Waals surface area contributed by atoms with E-state index in [0.29, 0.717) is 0 Å². The van der Waals surface area contributed by atoms with Crippen LogP contribution in [0.4, 0.5) is 13.2 Å². The first-order valence-corrected chi connectivity index (χ1v) is 5.02. The lowest BCUT2D eigenvalue weighted by Gasteiger charge is -2.13. The van der Waals surface area contributed by atoms with E-state index in [9.17, 15) is 18.0 Å². The fourth-order valence-corrected chi connectivity index (χ4v) is 1.29. The SMILES string of the molecule is Cl.NC(CC(=O)NCC(F)(F)F)c1ccccc1. The van der Waals surface area contributed by atoms with Crippen LogP contribution in [0.15, 0.2) is 30.3 Å². The summed E-state index contributed by atoms with van der Waals surface area (Å²) in [5.41, 5.74) is 6.41. The van der Waals surface area contributed by atoms with Gasteiger partial charge in [0.1, 0.15) is 6.54 Å². The van der Waals surface area contributed by atoms with Crippen molar-refractivity contribution >= 4 is 18.3 Å². The van der Waals surface area contributed by atoms with E-state index < -0.39 is 24.7 Å². The van der Waals surface area contributed by atoms with Crippen LogP contribution in [0, 0.1) is 0 Å². The maximum Gasteiger partial charge on any atom is 0.405 e. The topological polar surface area (TPSA) is 55.1 Å². The summed E-state index contributed by atoms with van der Waals surface area (Å²) < 4.78 is 35.5. The average molecular weight is 283 g/mol. The minimum Gasteiger partial charge on any atom is -0.347 e. The van der Waals surface area contributed by atoms with Gasteiger partial charge in [-0.1, -0.05) is 30.3 Å². The highest BCUT2D eigenvalue weighted by molar-refractivity contribution is 5.85. The normalized spacial score (nSPS) is 12.4. The van der Waals surface area contributed by atoms with E-state index in [1.165, 1.54) is 0 Å². The Morgan fingerprint density at radius 3 is 2.33 bits per heavy atom. The van der Waals surface area contributed by atoms with E-state index in [4.69, 9.17) is 5.73 Å². The minimum absolute atomic E-state index is 0. The van der Waals surface area contributed by atoms with Crippen molar-refractivity contribution in [2.75, 3.05) is 6.54 Å². The van der Waals surface area contributed by atoms with Crippen LogP contribution in [0.3, 0.4) is 0 Å². The number of halogens is 4. The molecule has 0 saturated heterocycles. The summed E-state index contributed by atoms with van der Waals surface area (Å²) >= 11 is 0. The van der Waals surface area contributed by atoms with E-state index >= 15 is 0 Å². The Hall–Kier alpha value is -1.27. The van der Waals surface area contributed by atoms with Gasteiger partial charge in [-0.3, -0.25) is 4.79 Å². The molecule has 3 N–H and O–H groups in total. The Balaban J connectivity index is 0.00000289. The van der Waals surface area contributed by atoms with Gasteiger partial charge in [-0.15, -0.1) is 12.4 Å². The number of hydrogen-bond donors (Lipinski definition) is 2. The summed E-state index contributed by atoms with van der Waals surface area (Å²) in [5.74, 6) is -0.710. The van der Waals surface area contributed by atoms with Crippen LogP contribution in [-0.2, 0) is 4.79 Å². The quantitative estimate of drug-likeness (QED) is 0.889. The van der Waals surface area contributed by atoms with E-state index in [1.807, 2.05) is 0 Å². The van der Waals surface area contributed by atoms with Gasteiger partial charge in [0, 0.05) is 12.5 Å². The zero-order valence-corrected chi connectivity index (χ0v) is 10.2. The van der Waals surface area contributed by atoms with Crippen LogP contribution in [0.2, 0.25) is 0 Å². The molecule has 18 heavy (non-hydrogen) atoms. The number of amides is 1. The molecule has 0 fully saturated rings. The van der Waals surface area contributed by atoms with Gasteiger partial charge in [-0.05, 0) is 5.56 Å². The maximum absolute atomic E-state index is 11.8. The second kappa shape index (κ2) is 7.23. The highest BCUT2D eigenvalue weighted by Gasteiger charge is 2.27. The highest BCUT2D eigenvalue weighted by atomic mass is 35.5. The van der Waals surface area contributed by atoms with Crippen molar-refractivity contribution in [1.82, 2.24) is 5.32 Å².